The summed E-state index contributed by atoms with van der Waals surface area (Å²) >= 11 is 0. The maximum Gasteiger partial charge on any atom is 0.342 e. The normalized spacial score (nSPS) is 16.3. The number of hydrogen-bond acceptors (Lipinski definition) is 10. The van der Waals surface area contributed by atoms with E-state index in [1.165, 1.54) is 27.4 Å². The van der Waals surface area contributed by atoms with Crippen LogP contribution in [0.3, 0.4) is 0 Å². The molecule has 278 valence electrons. The van der Waals surface area contributed by atoms with Gasteiger partial charge in [0.25, 0.3) is 0 Å². The van der Waals surface area contributed by atoms with Gasteiger partial charge in [-0.1, -0.05) is 42.5 Å². The number of aromatic hydroxyl groups is 2. The molecule has 2 amide bonds. The lowest BCUT2D eigenvalue weighted by atomic mass is 9.84. The third-order valence-corrected chi connectivity index (χ3v) is 8.90. The summed E-state index contributed by atoms with van der Waals surface area (Å²) in [5.74, 6) is -2.87. The molecule has 12 heteroatoms. The Kier molecular flexibility index (Phi) is 14.5. The number of phenols is 2. The summed E-state index contributed by atoms with van der Waals surface area (Å²) in [6.07, 6.45) is 6.02. The number of methoxy groups -OCH3 is 3. The number of rotatable bonds is 12. The third kappa shape index (κ3) is 10.5. The Labute approximate surface area is 304 Å². The Morgan fingerprint density at radius 1 is 0.923 bits per heavy atom. The lowest BCUT2D eigenvalue weighted by molar-refractivity contribution is -0.126. The standard InChI is InChI=1S/C40H48N2O10/c1-25-12-11-17-29(43)16-10-6-9-15-27-20-31(44)37(38(47)36(27)40(48)52-25)30(28-21-32(49-2)39(51-4)33(22-28)50-3)23-34(45)42-24-35(46)41-19-18-26-13-7-5-8-14-26/h5,7-9,13-15,20-22,25,30,44,47H,6,10-12,16-19,23-24H2,1-4H3,(H,41,46)(H,42,45)/b15-9+/t25-,30?/m0/s1. The van der Waals surface area contributed by atoms with Gasteiger partial charge in [-0.25, -0.2) is 4.79 Å². The second-order valence-electron chi connectivity index (χ2n) is 12.6. The molecular formula is C40H48N2O10. The number of ether oxygens (including phenoxy) is 4. The van der Waals surface area contributed by atoms with Gasteiger partial charge in [0.05, 0.1) is 34.0 Å². The maximum absolute atomic E-state index is 13.7. The van der Waals surface area contributed by atoms with Crippen LogP contribution in [0.15, 0.2) is 54.6 Å². The number of allylic oxidation sites excluding steroid dienone is 1. The van der Waals surface area contributed by atoms with Crippen molar-refractivity contribution >= 4 is 29.6 Å². The van der Waals surface area contributed by atoms with Crippen molar-refractivity contribution < 1.29 is 48.3 Å². The summed E-state index contributed by atoms with van der Waals surface area (Å²) in [5, 5.41) is 28.8. The molecule has 3 aromatic rings. The molecule has 2 atom stereocenters. The second-order valence-corrected chi connectivity index (χ2v) is 12.6. The molecule has 1 aliphatic rings. The number of nitrogens with one attached hydrogen (secondary N) is 2. The molecule has 1 aliphatic heterocycles. The number of amides is 2. The summed E-state index contributed by atoms with van der Waals surface area (Å²) in [6, 6.07) is 14.2. The molecule has 12 nitrogen and oxygen atoms in total. The van der Waals surface area contributed by atoms with Gasteiger partial charge in [0, 0.05) is 37.3 Å². The van der Waals surface area contributed by atoms with Crippen molar-refractivity contribution in [1.29, 1.82) is 0 Å². The van der Waals surface area contributed by atoms with Crippen molar-refractivity contribution in [3.05, 3.63) is 82.4 Å². The molecule has 0 spiro atoms. The van der Waals surface area contributed by atoms with Gasteiger partial charge in [-0.2, -0.15) is 0 Å². The quantitative estimate of drug-likeness (QED) is 0.173. The number of hydrogen-bond donors (Lipinski definition) is 4. The summed E-state index contributed by atoms with van der Waals surface area (Å²) in [4.78, 5) is 52.1. The van der Waals surface area contributed by atoms with E-state index in [9.17, 15) is 29.4 Å². The average molecular weight is 717 g/mol. The number of Topliss-reactive ketones (excluding diaryl/α,β-unsaturated/α-hetero) is 1. The fourth-order valence-electron chi connectivity index (χ4n) is 6.20. The zero-order valence-corrected chi connectivity index (χ0v) is 30.2. The third-order valence-electron chi connectivity index (χ3n) is 8.90. The highest BCUT2D eigenvalue weighted by atomic mass is 16.5. The van der Waals surface area contributed by atoms with Crippen LogP contribution in [0.1, 0.15) is 90.4 Å². The second kappa shape index (κ2) is 19.2. The minimum atomic E-state index is -1.08. The van der Waals surface area contributed by atoms with Gasteiger partial charge in [0.15, 0.2) is 11.5 Å². The van der Waals surface area contributed by atoms with Crippen LogP contribution >= 0.6 is 0 Å². The van der Waals surface area contributed by atoms with E-state index in [0.29, 0.717) is 57.1 Å². The number of carbonyl (C=O) groups is 4. The predicted octanol–water partition coefficient (Wildman–Crippen LogP) is 5.60. The molecule has 1 heterocycles. The zero-order valence-electron chi connectivity index (χ0n) is 30.2. The molecule has 4 N–H and O–H groups in total. The molecule has 0 fully saturated rings. The largest absolute Gasteiger partial charge is 0.507 e. The van der Waals surface area contributed by atoms with Gasteiger partial charge >= 0.3 is 5.97 Å². The van der Waals surface area contributed by atoms with Crippen molar-refractivity contribution in [2.24, 2.45) is 0 Å². The molecule has 4 rings (SSSR count). The van der Waals surface area contributed by atoms with Crippen LogP contribution in [0.2, 0.25) is 0 Å². The highest BCUT2D eigenvalue weighted by molar-refractivity contribution is 5.98. The Morgan fingerprint density at radius 3 is 2.29 bits per heavy atom. The molecule has 3 aromatic carbocycles. The maximum atomic E-state index is 13.7. The fourth-order valence-corrected chi connectivity index (χ4v) is 6.20. The molecular weight excluding hydrogens is 668 g/mol. The summed E-state index contributed by atoms with van der Waals surface area (Å²) in [7, 11) is 4.30. The number of ketones is 1. The monoisotopic (exact) mass is 716 g/mol. The van der Waals surface area contributed by atoms with E-state index >= 15 is 0 Å². The van der Waals surface area contributed by atoms with Gasteiger partial charge < -0.3 is 39.8 Å². The molecule has 0 radical (unpaired) electrons. The van der Waals surface area contributed by atoms with E-state index < -0.39 is 35.6 Å². The molecule has 0 saturated carbocycles. The van der Waals surface area contributed by atoms with Crippen molar-refractivity contribution in [3.63, 3.8) is 0 Å². The van der Waals surface area contributed by atoms with E-state index in [4.69, 9.17) is 18.9 Å². The predicted molar refractivity (Wildman–Crippen MR) is 195 cm³/mol. The van der Waals surface area contributed by atoms with E-state index in [2.05, 4.69) is 10.6 Å². The average Bonchev–Trinajstić information content (AvgIpc) is 3.12. The lowest BCUT2D eigenvalue weighted by Gasteiger charge is -2.24. The first kappa shape index (κ1) is 39.3. The number of phenolic OH excluding ortho intramolecular Hbond substituents is 2. The number of benzene rings is 3. The van der Waals surface area contributed by atoms with Crippen LogP contribution in [0.25, 0.3) is 6.08 Å². The van der Waals surface area contributed by atoms with Crippen LogP contribution in [0.5, 0.6) is 28.7 Å². The molecule has 0 saturated heterocycles. The first-order chi connectivity index (χ1) is 25.1. The minimum Gasteiger partial charge on any atom is -0.507 e. The van der Waals surface area contributed by atoms with Gasteiger partial charge in [0.1, 0.15) is 22.8 Å². The first-order valence-electron chi connectivity index (χ1n) is 17.4. The van der Waals surface area contributed by atoms with Gasteiger partial charge in [0.2, 0.25) is 17.6 Å². The van der Waals surface area contributed by atoms with E-state index in [1.807, 2.05) is 30.3 Å². The molecule has 0 bridgehead atoms. The Bertz CT molecular complexity index is 1730. The van der Waals surface area contributed by atoms with Crippen molar-refractivity contribution in [3.8, 4) is 28.7 Å². The number of cyclic esters (lactones) is 1. The van der Waals surface area contributed by atoms with Gasteiger partial charge in [-0.05, 0) is 73.9 Å². The first-order valence-corrected chi connectivity index (χ1v) is 17.4. The number of fused-ring (bicyclic) bond motifs is 1. The molecule has 0 aromatic heterocycles. The van der Waals surface area contributed by atoms with E-state index in [-0.39, 0.29) is 58.4 Å². The van der Waals surface area contributed by atoms with Crippen LogP contribution in [-0.2, 0) is 25.5 Å². The summed E-state index contributed by atoms with van der Waals surface area (Å²) in [6.45, 7) is 1.78. The van der Waals surface area contributed by atoms with E-state index in [0.717, 1.165) is 5.56 Å². The van der Waals surface area contributed by atoms with Crippen molar-refractivity contribution in [2.45, 2.75) is 70.3 Å². The smallest absolute Gasteiger partial charge is 0.342 e. The van der Waals surface area contributed by atoms with Crippen LogP contribution < -0.4 is 24.8 Å². The van der Waals surface area contributed by atoms with Crippen LogP contribution in [0, 0.1) is 0 Å². The van der Waals surface area contributed by atoms with E-state index in [1.54, 1.807) is 31.2 Å². The molecule has 0 aliphatic carbocycles. The molecule has 1 unspecified atom stereocenters. The van der Waals surface area contributed by atoms with Gasteiger partial charge in [-0.15, -0.1) is 0 Å². The Balaban J connectivity index is 1.71. The summed E-state index contributed by atoms with van der Waals surface area (Å²) in [5.41, 5.74) is 1.36. The van der Waals surface area contributed by atoms with Crippen molar-refractivity contribution in [1.82, 2.24) is 10.6 Å². The zero-order chi connectivity index (χ0) is 37.6. The highest BCUT2D eigenvalue weighted by Crippen LogP contribution is 2.47. The van der Waals surface area contributed by atoms with Crippen LogP contribution in [0.4, 0.5) is 0 Å². The highest BCUT2D eigenvalue weighted by Gasteiger charge is 2.32. The van der Waals surface area contributed by atoms with Crippen molar-refractivity contribution in [2.75, 3.05) is 34.4 Å². The lowest BCUT2D eigenvalue weighted by Crippen LogP contribution is -2.38. The minimum absolute atomic E-state index is 0.111. The fraction of sp³-hybridized carbons (Fsp3) is 0.400. The van der Waals surface area contributed by atoms with Gasteiger partial charge in [-0.3, -0.25) is 14.4 Å². The molecule has 52 heavy (non-hydrogen) atoms. The SMILES string of the molecule is COc1cc(C(CC(=O)NCC(=O)NCCc2ccccc2)c2c(O)cc3c(c2O)C(=O)O[C@@H](C)CCCC(=O)CCC/C=C/3)cc(OC)c1OC. The van der Waals surface area contributed by atoms with Crippen LogP contribution in [-0.4, -0.2) is 74.3 Å². The Morgan fingerprint density at radius 2 is 1.62 bits per heavy atom. The number of esters is 1. The topological polar surface area (TPSA) is 170 Å². The number of carbonyl (C=O) groups excluding carboxylic acids is 4. The summed E-state index contributed by atoms with van der Waals surface area (Å²) < 4.78 is 22.3. The Hall–Kier alpha value is -5.52.